The molecule has 1 aromatic carbocycles. The molecule has 4 nitrogen and oxygen atoms in total. The third kappa shape index (κ3) is 2.66. The zero-order valence-electron chi connectivity index (χ0n) is 7.17. The molecule has 6 heteroatoms. The summed E-state index contributed by atoms with van der Waals surface area (Å²) in [6.45, 7) is -0.279. The molecule has 0 saturated carbocycles. The Morgan fingerprint density at radius 2 is 2.29 bits per heavy atom. The van der Waals surface area contributed by atoms with Crippen molar-refractivity contribution in [3.8, 4) is 0 Å². The van der Waals surface area contributed by atoms with Crippen LogP contribution in [0.1, 0.15) is 0 Å². The van der Waals surface area contributed by atoms with E-state index in [1.165, 1.54) is 6.07 Å². The highest BCUT2D eigenvalue weighted by Crippen LogP contribution is 2.27. The van der Waals surface area contributed by atoms with Gasteiger partial charge in [-0.15, -0.1) is 0 Å². The molecular formula is C8H8BrFN2O2. The van der Waals surface area contributed by atoms with Gasteiger partial charge in [0, 0.05) is 18.3 Å². The third-order valence-corrected chi connectivity index (χ3v) is 2.20. The molecule has 0 spiro atoms. The molecule has 0 unspecified atom stereocenters. The first-order valence-corrected chi connectivity index (χ1v) is 4.68. The van der Waals surface area contributed by atoms with Crippen LogP contribution in [0.4, 0.5) is 15.8 Å². The van der Waals surface area contributed by atoms with Crippen molar-refractivity contribution in [3.63, 3.8) is 0 Å². The molecule has 1 aromatic rings. The van der Waals surface area contributed by atoms with E-state index < -0.39 is 11.6 Å². The number of nitro benzene ring substituents is 1. The lowest BCUT2D eigenvalue weighted by Crippen LogP contribution is -2.02. The van der Waals surface area contributed by atoms with E-state index in [1.807, 2.05) is 0 Å². The average molecular weight is 263 g/mol. The average Bonchev–Trinajstić information content (AvgIpc) is 2.14. The lowest BCUT2D eigenvalue weighted by molar-refractivity contribution is -0.385. The predicted octanol–water partition coefficient (Wildman–Crippen LogP) is 2.74. The Bertz CT molecular complexity index is 346. The second-order valence-electron chi connectivity index (χ2n) is 2.54. The summed E-state index contributed by atoms with van der Waals surface area (Å²) in [5.74, 6) is 0. The monoisotopic (exact) mass is 262 g/mol. The molecule has 0 heterocycles. The summed E-state index contributed by atoms with van der Waals surface area (Å²) in [4.78, 5) is 9.96. The van der Waals surface area contributed by atoms with Gasteiger partial charge in [0.1, 0.15) is 6.67 Å². The van der Waals surface area contributed by atoms with Crippen molar-refractivity contribution in [2.45, 2.75) is 0 Å². The minimum atomic E-state index is -0.483. The molecule has 1 rings (SSSR count). The summed E-state index contributed by atoms with van der Waals surface area (Å²) in [7, 11) is 0. The van der Waals surface area contributed by atoms with Gasteiger partial charge in [-0.25, -0.2) is 4.39 Å². The highest BCUT2D eigenvalue weighted by molar-refractivity contribution is 9.10. The van der Waals surface area contributed by atoms with Gasteiger partial charge in [-0.05, 0) is 28.1 Å². The molecule has 14 heavy (non-hydrogen) atoms. The van der Waals surface area contributed by atoms with E-state index >= 15 is 0 Å². The van der Waals surface area contributed by atoms with Gasteiger partial charge in [0.2, 0.25) is 0 Å². The summed E-state index contributed by atoms with van der Waals surface area (Å²) in [5.41, 5.74) is 0.649. The van der Waals surface area contributed by atoms with Crippen LogP contribution < -0.4 is 5.32 Å². The van der Waals surface area contributed by atoms with Gasteiger partial charge in [0.15, 0.2) is 0 Å². The normalized spacial score (nSPS) is 9.86. The van der Waals surface area contributed by atoms with E-state index in [4.69, 9.17) is 0 Å². The van der Waals surface area contributed by atoms with Crippen LogP contribution in [-0.2, 0) is 0 Å². The summed E-state index contributed by atoms with van der Waals surface area (Å²) in [5, 5.41) is 13.2. The van der Waals surface area contributed by atoms with Gasteiger partial charge in [0.05, 0.1) is 9.40 Å². The molecule has 0 aliphatic rings. The van der Waals surface area contributed by atoms with Crippen LogP contribution in [0.25, 0.3) is 0 Å². The molecule has 1 N–H and O–H groups in total. The maximum Gasteiger partial charge on any atom is 0.283 e. The van der Waals surface area contributed by atoms with E-state index in [-0.39, 0.29) is 12.2 Å². The number of alkyl halides is 1. The predicted molar refractivity (Wildman–Crippen MR) is 55.3 cm³/mol. The van der Waals surface area contributed by atoms with E-state index in [1.54, 1.807) is 12.1 Å². The van der Waals surface area contributed by atoms with Crippen molar-refractivity contribution >= 4 is 27.3 Å². The maximum atomic E-state index is 11.8. The Hall–Kier alpha value is -1.17. The van der Waals surface area contributed by atoms with Crippen molar-refractivity contribution in [1.82, 2.24) is 0 Å². The molecule has 0 aromatic heterocycles. The summed E-state index contributed by atoms with van der Waals surface area (Å²) < 4.78 is 12.2. The zero-order valence-corrected chi connectivity index (χ0v) is 8.75. The fourth-order valence-corrected chi connectivity index (χ4v) is 1.48. The number of hydrogen-bond acceptors (Lipinski definition) is 3. The Labute approximate surface area is 88.4 Å². The van der Waals surface area contributed by atoms with Crippen LogP contribution in [0.15, 0.2) is 22.7 Å². The van der Waals surface area contributed by atoms with Crippen molar-refractivity contribution in [2.75, 3.05) is 18.5 Å². The molecule has 0 amide bonds. The number of hydrogen-bond donors (Lipinski definition) is 1. The lowest BCUT2D eigenvalue weighted by atomic mass is 10.3. The highest BCUT2D eigenvalue weighted by atomic mass is 79.9. The number of nitrogens with zero attached hydrogens (tertiary/aromatic N) is 1. The fourth-order valence-electron chi connectivity index (χ4n) is 0.957. The molecule has 0 fully saturated rings. The minimum absolute atomic E-state index is 0.00389. The van der Waals surface area contributed by atoms with E-state index in [2.05, 4.69) is 21.2 Å². The van der Waals surface area contributed by atoms with E-state index in [0.29, 0.717) is 10.2 Å². The first-order chi connectivity index (χ1) is 6.65. The molecule has 0 atom stereocenters. The number of benzene rings is 1. The van der Waals surface area contributed by atoms with Crippen LogP contribution in [0.2, 0.25) is 0 Å². The first kappa shape index (κ1) is 10.9. The van der Waals surface area contributed by atoms with Gasteiger partial charge in [-0.1, -0.05) is 0 Å². The van der Waals surface area contributed by atoms with Gasteiger partial charge in [-0.3, -0.25) is 10.1 Å². The number of rotatable bonds is 4. The van der Waals surface area contributed by atoms with Crippen LogP contribution >= 0.6 is 15.9 Å². The van der Waals surface area contributed by atoms with Crippen molar-refractivity contribution in [2.24, 2.45) is 0 Å². The lowest BCUT2D eigenvalue weighted by Gasteiger charge is -2.03. The van der Waals surface area contributed by atoms with Gasteiger partial charge in [0.25, 0.3) is 5.69 Å². The molecule has 0 saturated heterocycles. The van der Waals surface area contributed by atoms with Crippen LogP contribution in [0.5, 0.6) is 0 Å². The Morgan fingerprint density at radius 3 is 2.79 bits per heavy atom. The molecular weight excluding hydrogens is 255 g/mol. The number of anilines is 1. The first-order valence-electron chi connectivity index (χ1n) is 3.89. The van der Waals surface area contributed by atoms with Gasteiger partial charge in [-0.2, -0.15) is 0 Å². The van der Waals surface area contributed by atoms with Crippen molar-refractivity contribution in [3.05, 3.63) is 32.8 Å². The standard InChI is InChI=1S/C8H8BrFN2O2/c9-7-5-6(11-4-3-10)1-2-8(7)12(13)14/h1-2,5,11H,3-4H2. The second kappa shape index (κ2) is 4.90. The summed E-state index contributed by atoms with van der Waals surface area (Å²) in [6.07, 6.45) is 0. The zero-order chi connectivity index (χ0) is 10.6. The number of halogens is 2. The minimum Gasteiger partial charge on any atom is -0.382 e. The topological polar surface area (TPSA) is 55.2 Å². The van der Waals surface area contributed by atoms with E-state index in [0.717, 1.165) is 0 Å². The Kier molecular flexibility index (Phi) is 3.82. The van der Waals surface area contributed by atoms with Crippen LogP contribution in [0.3, 0.4) is 0 Å². The Morgan fingerprint density at radius 1 is 1.57 bits per heavy atom. The number of nitrogens with one attached hydrogen (secondary N) is 1. The third-order valence-electron chi connectivity index (χ3n) is 1.57. The summed E-state index contributed by atoms with van der Waals surface area (Å²) in [6, 6.07) is 4.46. The molecule has 0 aliphatic carbocycles. The SMILES string of the molecule is O=[N+]([O-])c1ccc(NCCF)cc1Br. The second-order valence-corrected chi connectivity index (χ2v) is 3.39. The molecule has 0 bridgehead atoms. The highest BCUT2D eigenvalue weighted by Gasteiger charge is 2.10. The smallest absolute Gasteiger partial charge is 0.283 e. The van der Waals surface area contributed by atoms with Crippen molar-refractivity contribution < 1.29 is 9.31 Å². The van der Waals surface area contributed by atoms with Crippen molar-refractivity contribution in [1.29, 1.82) is 0 Å². The summed E-state index contributed by atoms with van der Waals surface area (Å²) >= 11 is 3.06. The van der Waals surface area contributed by atoms with Crippen LogP contribution in [-0.4, -0.2) is 18.1 Å². The Balaban J connectivity index is 2.83. The van der Waals surface area contributed by atoms with Crippen LogP contribution in [0, 0.1) is 10.1 Å². The molecule has 0 radical (unpaired) electrons. The molecule has 0 aliphatic heterocycles. The van der Waals surface area contributed by atoms with E-state index in [9.17, 15) is 14.5 Å². The van der Waals surface area contributed by atoms with Gasteiger partial charge >= 0.3 is 0 Å². The number of nitro groups is 1. The maximum absolute atomic E-state index is 11.8. The van der Waals surface area contributed by atoms with Gasteiger partial charge < -0.3 is 5.32 Å². The quantitative estimate of drug-likeness (QED) is 0.671. The fraction of sp³-hybridized carbons (Fsp3) is 0.250. The largest absolute Gasteiger partial charge is 0.382 e. The molecule has 76 valence electrons.